The second-order valence-corrected chi connectivity index (χ2v) is 5.86. The maximum absolute atomic E-state index is 13.2. The zero-order valence-corrected chi connectivity index (χ0v) is 9.61. The Kier molecular flexibility index (Phi) is 2.52. The summed E-state index contributed by atoms with van der Waals surface area (Å²) in [6.07, 6.45) is 1.12. The van der Waals surface area contributed by atoms with Crippen LogP contribution in [0, 0.1) is 3.01 Å². The van der Waals surface area contributed by atoms with Crippen molar-refractivity contribution in [1.29, 1.82) is 0 Å². The Labute approximate surface area is 91.9 Å². The van der Waals surface area contributed by atoms with E-state index in [-0.39, 0.29) is 6.42 Å². The Morgan fingerprint density at radius 2 is 2.23 bits per heavy atom. The van der Waals surface area contributed by atoms with E-state index in [9.17, 15) is 8.78 Å². The Morgan fingerprint density at radius 3 is 2.69 bits per heavy atom. The minimum atomic E-state index is -2.57. The standard InChI is InChI=1S/C7H7F2IN2S/c8-7(9)3-1-2-4(7)5-11-12-6(10)13-5/h4H,1-3H2. The smallest absolute Gasteiger partial charge is 0.206 e. The van der Waals surface area contributed by atoms with Gasteiger partial charge in [-0.3, -0.25) is 0 Å². The molecule has 2 nitrogen and oxygen atoms in total. The molecular weight excluding hydrogens is 309 g/mol. The van der Waals surface area contributed by atoms with Crippen molar-refractivity contribution in [3.05, 3.63) is 8.02 Å². The number of alkyl halides is 2. The van der Waals surface area contributed by atoms with Crippen molar-refractivity contribution < 1.29 is 8.78 Å². The van der Waals surface area contributed by atoms with Crippen LogP contribution in [0.3, 0.4) is 0 Å². The number of aromatic nitrogens is 2. The molecule has 2 rings (SSSR count). The minimum Gasteiger partial charge on any atom is -0.206 e. The highest BCUT2D eigenvalue weighted by molar-refractivity contribution is 14.1. The molecule has 0 radical (unpaired) electrons. The molecule has 1 aromatic rings. The molecule has 1 aromatic heterocycles. The van der Waals surface area contributed by atoms with Crippen LogP contribution in [0.15, 0.2) is 0 Å². The third-order valence-electron chi connectivity index (χ3n) is 2.23. The number of halogens is 3. The lowest BCUT2D eigenvalue weighted by atomic mass is 10.1. The van der Waals surface area contributed by atoms with E-state index in [4.69, 9.17) is 0 Å². The maximum Gasteiger partial charge on any atom is 0.257 e. The zero-order valence-electron chi connectivity index (χ0n) is 6.64. The van der Waals surface area contributed by atoms with Crippen LogP contribution in [-0.4, -0.2) is 16.1 Å². The first kappa shape index (κ1) is 9.70. The number of nitrogens with zero attached hydrogens (tertiary/aromatic N) is 2. The molecule has 0 aliphatic heterocycles. The molecule has 0 saturated heterocycles. The van der Waals surface area contributed by atoms with E-state index in [1.807, 2.05) is 22.6 Å². The Bertz CT molecular complexity index is 315. The normalized spacial score (nSPS) is 26.5. The predicted molar refractivity (Wildman–Crippen MR) is 54.2 cm³/mol. The Hall–Kier alpha value is 0.150. The van der Waals surface area contributed by atoms with Crippen molar-refractivity contribution in [3.63, 3.8) is 0 Å². The number of rotatable bonds is 1. The molecule has 1 atom stereocenters. The van der Waals surface area contributed by atoms with Crippen molar-refractivity contribution >= 4 is 33.9 Å². The fraction of sp³-hybridized carbons (Fsp3) is 0.714. The summed E-state index contributed by atoms with van der Waals surface area (Å²) >= 11 is 3.27. The topological polar surface area (TPSA) is 25.8 Å². The van der Waals surface area contributed by atoms with Crippen LogP contribution in [0.2, 0.25) is 0 Å². The van der Waals surface area contributed by atoms with Gasteiger partial charge in [-0.2, -0.15) is 0 Å². The summed E-state index contributed by atoms with van der Waals surface area (Å²) < 4.78 is 27.2. The SMILES string of the molecule is FC1(F)CCCC1c1nnc(I)s1. The van der Waals surface area contributed by atoms with Crippen LogP contribution in [0.1, 0.15) is 30.2 Å². The molecule has 1 aliphatic rings. The molecule has 13 heavy (non-hydrogen) atoms. The van der Waals surface area contributed by atoms with Crippen molar-refractivity contribution in [2.45, 2.75) is 31.1 Å². The summed E-state index contributed by atoms with van der Waals surface area (Å²) in [5, 5.41) is 8.02. The average Bonchev–Trinajstić information content (AvgIpc) is 2.56. The molecule has 1 fully saturated rings. The summed E-state index contributed by atoms with van der Waals surface area (Å²) in [6, 6.07) is 0. The summed E-state index contributed by atoms with van der Waals surface area (Å²) in [5.41, 5.74) is 0. The molecule has 0 N–H and O–H groups in total. The van der Waals surface area contributed by atoms with E-state index in [0.29, 0.717) is 17.8 Å². The summed E-state index contributed by atoms with van der Waals surface area (Å²) in [4.78, 5) is 0. The van der Waals surface area contributed by atoms with Gasteiger partial charge in [-0.05, 0) is 35.4 Å². The predicted octanol–water partition coefficient (Wildman–Crippen LogP) is 3.05. The van der Waals surface area contributed by atoms with Crippen molar-refractivity contribution in [3.8, 4) is 0 Å². The van der Waals surface area contributed by atoms with Crippen LogP contribution in [-0.2, 0) is 0 Å². The van der Waals surface area contributed by atoms with Crippen molar-refractivity contribution in [1.82, 2.24) is 10.2 Å². The monoisotopic (exact) mass is 316 g/mol. The van der Waals surface area contributed by atoms with Gasteiger partial charge in [0.1, 0.15) is 5.01 Å². The molecule has 1 unspecified atom stereocenters. The first-order chi connectivity index (χ1) is 6.09. The average molecular weight is 316 g/mol. The van der Waals surface area contributed by atoms with Gasteiger partial charge < -0.3 is 0 Å². The number of hydrogen-bond acceptors (Lipinski definition) is 3. The summed E-state index contributed by atoms with van der Waals surface area (Å²) in [6.45, 7) is 0. The zero-order chi connectivity index (χ0) is 9.47. The summed E-state index contributed by atoms with van der Waals surface area (Å²) in [7, 11) is 0. The van der Waals surface area contributed by atoms with Gasteiger partial charge in [0.25, 0.3) is 5.92 Å². The summed E-state index contributed by atoms with van der Waals surface area (Å²) in [5.74, 6) is -3.25. The molecule has 1 heterocycles. The largest absolute Gasteiger partial charge is 0.257 e. The second kappa shape index (κ2) is 3.38. The molecular formula is C7H7F2IN2S. The van der Waals surface area contributed by atoms with Gasteiger partial charge in [0.15, 0.2) is 3.01 Å². The highest BCUT2D eigenvalue weighted by atomic mass is 127. The molecule has 72 valence electrons. The fourth-order valence-electron chi connectivity index (χ4n) is 1.59. The van der Waals surface area contributed by atoms with Crippen LogP contribution < -0.4 is 0 Å². The van der Waals surface area contributed by atoms with Crippen LogP contribution >= 0.6 is 33.9 Å². The fourth-order valence-corrected chi connectivity index (χ4v) is 3.14. The first-order valence-corrected chi connectivity index (χ1v) is 5.86. The lowest BCUT2D eigenvalue weighted by Gasteiger charge is -2.15. The molecule has 1 aliphatic carbocycles. The second-order valence-electron chi connectivity index (χ2n) is 3.10. The Morgan fingerprint density at radius 1 is 1.46 bits per heavy atom. The van der Waals surface area contributed by atoms with Gasteiger partial charge in [-0.1, -0.05) is 11.3 Å². The third-order valence-corrected chi connectivity index (χ3v) is 3.93. The van der Waals surface area contributed by atoms with Crippen LogP contribution in [0.4, 0.5) is 8.78 Å². The van der Waals surface area contributed by atoms with E-state index >= 15 is 0 Å². The molecule has 6 heteroatoms. The lowest BCUT2D eigenvalue weighted by molar-refractivity contribution is -0.00916. The molecule has 1 saturated carbocycles. The van der Waals surface area contributed by atoms with Gasteiger partial charge >= 0.3 is 0 Å². The lowest BCUT2D eigenvalue weighted by Crippen LogP contribution is -2.19. The van der Waals surface area contributed by atoms with E-state index in [1.54, 1.807) is 0 Å². The molecule has 0 aromatic carbocycles. The highest BCUT2D eigenvalue weighted by Gasteiger charge is 2.46. The van der Waals surface area contributed by atoms with E-state index < -0.39 is 11.8 Å². The van der Waals surface area contributed by atoms with Gasteiger partial charge in [-0.25, -0.2) is 8.78 Å². The molecule has 0 spiro atoms. The van der Waals surface area contributed by atoms with E-state index in [1.165, 1.54) is 11.3 Å². The number of hydrogen-bond donors (Lipinski definition) is 0. The van der Waals surface area contributed by atoms with Gasteiger partial charge in [0.05, 0.1) is 5.92 Å². The minimum absolute atomic E-state index is 0.00613. The van der Waals surface area contributed by atoms with Crippen LogP contribution in [0.25, 0.3) is 0 Å². The van der Waals surface area contributed by atoms with Crippen molar-refractivity contribution in [2.75, 3.05) is 0 Å². The quantitative estimate of drug-likeness (QED) is 0.744. The van der Waals surface area contributed by atoms with E-state index in [0.717, 1.165) is 3.01 Å². The van der Waals surface area contributed by atoms with Gasteiger partial charge in [-0.15, -0.1) is 10.2 Å². The van der Waals surface area contributed by atoms with Gasteiger partial charge in [0, 0.05) is 6.42 Å². The molecule has 0 bridgehead atoms. The van der Waals surface area contributed by atoms with Crippen molar-refractivity contribution in [2.24, 2.45) is 0 Å². The Balaban J connectivity index is 2.26. The van der Waals surface area contributed by atoms with Gasteiger partial charge in [0.2, 0.25) is 0 Å². The van der Waals surface area contributed by atoms with E-state index in [2.05, 4.69) is 10.2 Å². The maximum atomic E-state index is 13.2. The highest BCUT2D eigenvalue weighted by Crippen LogP contribution is 2.47. The molecule has 0 amide bonds. The van der Waals surface area contributed by atoms with Crippen LogP contribution in [0.5, 0.6) is 0 Å². The third kappa shape index (κ3) is 1.83. The first-order valence-electron chi connectivity index (χ1n) is 3.96.